The molecule has 0 aromatic heterocycles. The molecule has 0 spiro atoms. The van der Waals surface area contributed by atoms with Crippen LogP contribution in [0.5, 0.6) is 0 Å². The zero-order chi connectivity index (χ0) is 11.4. The maximum Gasteiger partial charge on any atom is 2.00 e. The topological polar surface area (TPSA) is 113 Å². The van der Waals surface area contributed by atoms with Crippen LogP contribution in [0.15, 0.2) is 24.3 Å². The van der Waals surface area contributed by atoms with E-state index in [1.54, 1.807) is 0 Å². The minimum absolute atomic E-state index is 0. The Labute approximate surface area is 129 Å². The van der Waals surface area contributed by atoms with Crippen molar-refractivity contribution in [2.24, 2.45) is 0 Å². The van der Waals surface area contributed by atoms with E-state index in [9.17, 15) is 25.0 Å². The normalized spacial score (nSPS) is 8.75. The zero-order valence-electron chi connectivity index (χ0n) is 9.86. The average molecular weight is 302 g/mol. The Kier molecular flexibility index (Phi) is 6.11. The molecule has 0 aliphatic carbocycles. The van der Waals surface area contributed by atoms with Gasteiger partial charge >= 0.3 is 56.5 Å². The fourth-order valence-electron chi connectivity index (χ4n) is 0.922. The van der Waals surface area contributed by atoms with Crippen LogP contribution in [0.25, 0.3) is 0 Å². The van der Waals surface area contributed by atoms with Gasteiger partial charge in [0, 0.05) is 6.07 Å². The van der Waals surface area contributed by atoms with E-state index >= 15 is 0 Å². The van der Waals surface area contributed by atoms with Gasteiger partial charge in [-0.2, -0.15) is 0 Å². The van der Waals surface area contributed by atoms with E-state index in [0.717, 1.165) is 12.1 Å². The molecule has 1 rings (SSSR count). The summed E-state index contributed by atoms with van der Waals surface area (Å²) in [6, 6.07) is 4.80. The molecule has 0 atom stereocenters. The Morgan fingerprint density at radius 2 is 1.81 bits per heavy atom. The summed E-state index contributed by atoms with van der Waals surface area (Å²) in [6.07, 6.45) is 0. The molecule has 16 heavy (non-hydrogen) atoms. The molecule has 0 aliphatic rings. The second kappa shape index (κ2) is 6.53. The van der Waals surface area contributed by atoms with E-state index in [2.05, 4.69) is 4.84 Å². The third kappa shape index (κ3) is 3.85. The van der Waals surface area contributed by atoms with Crippen LogP contribution in [0.2, 0.25) is 0 Å². The number of hydrogen-bond acceptors (Lipinski definition) is 6. The summed E-state index contributed by atoms with van der Waals surface area (Å²) in [7, 11) is 0. The number of rotatable bonds is 3. The summed E-state index contributed by atoms with van der Waals surface area (Å²) in [4.78, 5) is 34.1. The van der Waals surface area contributed by atoms with Gasteiger partial charge in [0.15, 0.2) is 0 Å². The van der Waals surface area contributed by atoms with E-state index in [1.807, 2.05) is 0 Å². The largest absolute Gasteiger partial charge is 2.00 e. The first-order chi connectivity index (χ1) is 7.02. The summed E-state index contributed by atoms with van der Waals surface area (Å²) in [5.74, 6) is -1.37. The predicted octanol–water partition coefficient (Wildman–Crippen LogP) is 0.787. The molecule has 0 fully saturated rings. The van der Waals surface area contributed by atoms with Gasteiger partial charge in [0.25, 0.3) is 5.69 Å². The van der Waals surface area contributed by atoms with Crippen molar-refractivity contribution in [2.75, 3.05) is 0 Å². The van der Waals surface area contributed by atoms with Crippen LogP contribution in [-0.4, -0.2) is 61.5 Å². The number of carbonyl (C=O) groups excluding carboxylic acids is 1. The van der Waals surface area contributed by atoms with Crippen molar-refractivity contribution in [3.8, 4) is 0 Å². The maximum atomic E-state index is 11.0. The molecule has 0 unspecified atom stereocenters. The molecule has 8 nitrogen and oxygen atoms in total. The van der Waals surface area contributed by atoms with Crippen molar-refractivity contribution in [2.45, 2.75) is 0 Å². The molecule has 0 saturated heterocycles. The second-order valence-electron chi connectivity index (χ2n) is 2.38. The Morgan fingerprint density at radius 3 is 2.31 bits per heavy atom. The van der Waals surface area contributed by atoms with Crippen LogP contribution in [0.4, 0.5) is 5.69 Å². The molecular formula is C7H6N2O6Sr. The smallest absolute Gasteiger partial charge is 1.00 e. The molecule has 0 bridgehead atoms. The van der Waals surface area contributed by atoms with E-state index in [0.29, 0.717) is 0 Å². The Balaban J connectivity index is -0.000000750. The van der Waals surface area contributed by atoms with Gasteiger partial charge in [-0.25, -0.2) is 4.84 Å². The first kappa shape index (κ1) is 15.0. The van der Waals surface area contributed by atoms with Gasteiger partial charge in [0.2, 0.25) is 0 Å². The van der Waals surface area contributed by atoms with Gasteiger partial charge in [-0.15, -0.1) is 10.1 Å². The third-order valence-corrected chi connectivity index (χ3v) is 1.48. The van der Waals surface area contributed by atoms with Crippen molar-refractivity contribution >= 4 is 57.1 Å². The molecule has 0 aliphatic heterocycles. The van der Waals surface area contributed by atoms with Gasteiger partial charge in [-0.05, 0) is 6.07 Å². The van der Waals surface area contributed by atoms with Gasteiger partial charge < -0.3 is 2.85 Å². The number of nitro groups is 1. The summed E-state index contributed by atoms with van der Waals surface area (Å²) >= 11 is 0. The van der Waals surface area contributed by atoms with E-state index in [1.165, 1.54) is 12.1 Å². The third-order valence-electron chi connectivity index (χ3n) is 1.48. The molecule has 0 N–H and O–H groups in total. The number of para-hydroxylation sites is 1. The van der Waals surface area contributed by atoms with Crippen molar-refractivity contribution in [3.05, 3.63) is 50.1 Å². The molecule has 1 aromatic rings. The maximum absolute atomic E-state index is 11.0. The second-order valence-corrected chi connectivity index (χ2v) is 2.38. The first-order valence-electron chi connectivity index (χ1n) is 3.62. The van der Waals surface area contributed by atoms with Crippen LogP contribution in [-0.2, 0) is 4.84 Å². The number of nitrogens with zero attached hydrogens (tertiary/aromatic N) is 2. The number of nitro benzene ring substituents is 1. The summed E-state index contributed by atoms with van der Waals surface area (Å²) in [5.41, 5.74) is -0.997. The Bertz CT molecular complexity index is 444. The minimum Gasteiger partial charge on any atom is -1.00 e. The first-order valence-corrected chi connectivity index (χ1v) is 3.62. The fraction of sp³-hybridized carbons (Fsp3) is 0. The SMILES string of the molecule is O=C(O[N+](=O)[O-])c1ccccc1[N+](=O)[O-].[H-].[H-].[Sr+2]. The zero-order valence-corrected chi connectivity index (χ0v) is 11.3. The molecule has 0 amide bonds. The molecule has 1 aromatic carbocycles. The minimum atomic E-state index is -1.37. The fourth-order valence-corrected chi connectivity index (χ4v) is 0.922. The Morgan fingerprint density at radius 1 is 1.25 bits per heavy atom. The van der Waals surface area contributed by atoms with Gasteiger partial charge in [-0.1, -0.05) is 12.1 Å². The molecule has 0 heterocycles. The standard InChI is InChI=1S/C7H4N2O6.Sr.2H/c10-7(15-9(13)14)5-3-1-2-4-6(5)8(11)12;;;/h1-4H;;;/q;+2;2*-1. The van der Waals surface area contributed by atoms with E-state index in [4.69, 9.17) is 0 Å². The summed E-state index contributed by atoms with van der Waals surface area (Å²) in [5, 5.41) is 19.0. The summed E-state index contributed by atoms with van der Waals surface area (Å²) in [6.45, 7) is 0. The quantitative estimate of drug-likeness (QED) is 0.463. The van der Waals surface area contributed by atoms with E-state index in [-0.39, 0.29) is 48.3 Å². The Hall–Kier alpha value is -1.03. The van der Waals surface area contributed by atoms with Crippen molar-refractivity contribution in [1.82, 2.24) is 0 Å². The van der Waals surface area contributed by atoms with Crippen molar-refractivity contribution < 1.29 is 22.5 Å². The molecule has 0 radical (unpaired) electrons. The predicted molar refractivity (Wildman–Crippen MR) is 53.5 cm³/mol. The van der Waals surface area contributed by atoms with Crippen molar-refractivity contribution in [1.29, 1.82) is 0 Å². The summed E-state index contributed by atoms with van der Waals surface area (Å²) < 4.78 is 0. The average Bonchev–Trinajstić information content (AvgIpc) is 2.16. The number of carbonyl (C=O) groups is 1. The van der Waals surface area contributed by atoms with Crippen LogP contribution < -0.4 is 0 Å². The van der Waals surface area contributed by atoms with Gasteiger partial charge in [-0.3, -0.25) is 14.9 Å². The number of benzene rings is 1. The van der Waals surface area contributed by atoms with Gasteiger partial charge in [0.1, 0.15) is 5.56 Å². The van der Waals surface area contributed by atoms with Crippen LogP contribution in [0.3, 0.4) is 0 Å². The molecular weight excluding hydrogens is 296 g/mol. The van der Waals surface area contributed by atoms with E-state index < -0.39 is 27.2 Å². The van der Waals surface area contributed by atoms with Crippen LogP contribution in [0, 0.1) is 20.2 Å². The molecule has 9 heteroatoms. The van der Waals surface area contributed by atoms with Crippen LogP contribution in [0.1, 0.15) is 13.2 Å². The molecule has 82 valence electrons. The van der Waals surface area contributed by atoms with Gasteiger partial charge in [0.05, 0.1) is 4.92 Å². The number of hydrogen-bond donors (Lipinski definition) is 0. The van der Waals surface area contributed by atoms with Crippen LogP contribution >= 0.6 is 0 Å². The van der Waals surface area contributed by atoms with Crippen molar-refractivity contribution in [3.63, 3.8) is 0 Å². The monoisotopic (exact) mass is 302 g/mol. The molecule has 0 saturated carbocycles.